The van der Waals surface area contributed by atoms with Gasteiger partial charge in [-0.3, -0.25) is 0 Å². The first kappa shape index (κ1) is 7.88. The lowest BCUT2D eigenvalue weighted by Crippen LogP contribution is -2.26. The number of hydrogen-bond donors (Lipinski definition) is 2. The van der Waals surface area contributed by atoms with Crippen molar-refractivity contribution < 1.29 is 9.84 Å². The molecule has 3 heteroatoms. The number of rotatable bonds is 3. The number of ether oxygens (including phenoxy) is 1. The third-order valence-electron chi connectivity index (χ3n) is 0.704. The van der Waals surface area contributed by atoms with Crippen molar-refractivity contribution in [1.82, 2.24) is 0 Å². The molecule has 0 radical (unpaired) electrons. The van der Waals surface area contributed by atoms with Gasteiger partial charge in [-0.1, -0.05) is 0 Å². The van der Waals surface area contributed by atoms with E-state index in [0.29, 0.717) is 0 Å². The van der Waals surface area contributed by atoms with E-state index in [2.05, 4.69) is 0 Å². The molecule has 0 bridgehead atoms. The second-order valence-electron chi connectivity index (χ2n) is 1.83. The fourth-order valence-corrected chi connectivity index (χ4v) is 0.409. The van der Waals surface area contributed by atoms with Gasteiger partial charge in [0.25, 0.3) is 0 Å². The Morgan fingerprint density at radius 3 is 2.25 bits per heavy atom. The summed E-state index contributed by atoms with van der Waals surface area (Å²) in [6, 6.07) is 0. The smallest absolute Gasteiger partial charge is 0.103 e. The zero-order valence-corrected chi connectivity index (χ0v) is 5.29. The van der Waals surface area contributed by atoms with Crippen LogP contribution in [0.5, 0.6) is 0 Å². The van der Waals surface area contributed by atoms with E-state index in [1.807, 2.05) is 0 Å². The van der Waals surface area contributed by atoms with E-state index < -0.39 is 0 Å². The molecule has 8 heavy (non-hydrogen) atoms. The summed E-state index contributed by atoms with van der Waals surface area (Å²) >= 11 is 0. The highest BCUT2D eigenvalue weighted by Gasteiger charge is 2.00. The van der Waals surface area contributed by atoms with Gasteiger partial charge in [-0.05, 0) is 13.8 Å². The van der Waals surface area contributed by atoms with Crippen LogP contribution < -0.4 is 5.73 Å². The van der Waals surface area contributed by atoms with E-state index >= 15 is 0 Å². The van der Waals surface area contributed by atoms with Crippen molar-refractivity contribution in [2.24, 2.45) is 5.73 Å². The Bertz CT molecular complexity index is 56.4. The van der Waals surface area contributed by atoms with Crippen molar-refractivity contribution in [2.45, 2.75) is 26.2 Å². The quantitative estimate of drug-likeness (QED) is 0.501. The van der Waals surface area contributed by atoms with Gasteiger partial charge in [-0.25, -0.2) is 0 Å². The summed E-state index contributed by atoms with van der Waals surface area (Å²) < 4.78 is 4.93. The highest BCUT2D eigenvalue weighted by atomic mass is 16.5. The van der Waals surface area contributed by atoms with Crippen LogP contribution in [0.2, 0.25) is 0 Å². The fourth-order valence-electron chi connectivity index (χ4n) is 0.409. The number of nitrogens with two attached hydrogens (primary N) is 1. The summed E-state index contributed by atoms with van der Waals surface area (Å²) in [5.41, 5.74) is 5.24. The molecule has 0 saturated carbocycles. The number of hydrogen-bond acceptors (Lipinski definition) is 3. The van der Waals surface area contributed by atoms with Gasteiger partial charge in [-0.15, -0.1) is 0 Å². The van der Waals surface area contributed by atoms with Crippen molar-refractivity contribution >= 4 is 0 Å². The summed E-state index contributed by atoms with van der Waals surface area (Å²) in [4.78, 5) is 0. The summed E-state index contributed by atoms with van der Waals surface area (Å²) in [5.74, 6) is 0. The minimum Gasteiger partial charge on any atom is -0.394 e. The van der Waals surface area contributed by atoms with E-state index in [4.69, 9.17) is 15.6 Å². The SMILES string of the molecule is CC(N)O[C@@H](C)CO. The van der Waals surface area contributed by atoms with E-state index in [9.17, 15) is 0 Å². The molecule has 0 spiro atoms. The molecular weight excluding hydrogens is 106 g/mol. The lowest BCUT2D eigenvalue weighted by Gasteiger charge is -2.11. The van der Waals surface area contributed by atoms with Crippen LogP contribution in [0.15, 0.2) is 0 Å². The largest absolute Gasteiger partial charge is 0.394 e. The molecule has 0 aliphatic rings. The van der Waals surface area contributed by atoms with Crippen LogP contribution in [0.25, 0.3) is 0 Å². The minimum atomic E-state index is -0.280. The van der Waals surface area contributed by atoms with Crippen LogP contribution in [-0.2, 0) is 4.74 Å². The molecule has 50 valence electrons. The minimum absolute atomic E-state index is 0.0293. The molecule has 2 atom stereocenters. The zero-order chi connectivity index (χ0) is 6.57. The maximum atomic E-state index is 8.40. The topological polar surface area (TPSA) is 55.5 Å². The highest BCUT2D eigenvalue weighted by Crippen LogP contribution is 1.89. The van der Waals surface area contributed by atoms with Crippen molar-refractivity contribution in [3.63, 3.8) is 0 Å². The molecule has 3 N–H and O–H groups in total. The normalized spacial score (nSPS) is 18.0. The molecule has 0 aromatic heterocycles. The Hall–Kier alpha value is -0.120. The van der Waals surface area contributed by atoms with Gasteiger partial charge >= 0.3 is 0 Å². The monoisotopic (exact) mass is 119 g/mol. The average Bonchev–Trinajstić information content (AvgIpc) is 1.65. The predicted molar refractivity (Wildman–Crippen MR) is 31.3 cm³/mol. The van der Waals surface area contributed by atoms with Crippen molar-refractivity contribution in [2.75, 3.05) is 6.61 Å². The maximum Gasteiger partial charge on any atom is 0.103 e. The van der Waals surface area contributed by atoms with Crippen molar-refractivity contribution in [3.8, 4) is 0 Å². The van der Waals surface area contributed by atoms with Crippen LogP contribution in [0, 0.1) is 0 Å². The van der Waals surface area contributed by atoms with Crippen LogP contribution in [0.4, 0.5) is 0 Å². The van der Waals surface area contributed by atoms with Crippen LogP contribution >= 0.6 is 0 Å². The Kier molecular flexibility index (Phi) is 3.77. The van der Waals surface area contributed by atoms with Gasteiger partial charge in [0.15, 0.2) is 0 Å². The summed E-state index contributed by atoms with van der Waals surface area (Å²) in [6.07, 6.45) is -0.424. The molecule has 0 aromatic rings. The van der Waals surface area contributed by atoms with Gasteiger partial charge in [-0.2, -0.15) is 0 Å². The Balaban J connectivity index is 3.10. The lowest BCUT2D eigenvalue weighted by molar-refractivity contribution is -0.0175. The third kappa shape index (κ3) is 4.05. The summed E-state index contributed by atoms with van der Waals surface area (Å²) in [5, 5.41) is 8.40. The van der Waals surface area contributed by atoms with Gasteiger partial charge < -0.3 is 15.6 Å². The van der Waals surface area contributed by atoms with Crippen molar-refractivity contribution in [3.05, 3.63) is 0 Å². The van der Waals surface area contributed by atoms with E-state index in [0.717, 1.165) is 0 Å². The van der Waals surface area contributed by atoms with Gasteiger partial charge in [0.05, 0.1) is 12.7 Å². The second-order valence-corrected chi connectivity index (χ2v) is 1.83. The zero-order valence-electron chi connectivity index (χ0n) is 5.29. The molecule has 0 aliphatic heterocycles. The summed E-state index contributed by atoms with van der Waals surface area (Å²) in [6.45, 7) is 3.52. The first-order valence-corrected chi connectivity index (χ1v) is 2.68. The first-order chi connectivity index (χ1) is 3.66. The molecule has 0 aliphatic carbocycles. The van der Waals surface area contributed by atoms with Crippen molar-refractivity contribution in [1.29, 1.82) is 0 Å². The summed E-state index contributed by atoms with van der Waals surface area (Å²) in [7, 11) is 0. The Morgan fingerprint density at radius 2 is 2.12 bits per heavy atom. The predicted octanol–water partition coefficient (Wildman–Crippen LogP) is -0.312. The van der Waals surface area contributed by atoms with Crippen LogP contribution in [0.1, 0.15) is 13.8 Å². The van der Waals surface area contributed by atoms with Crippen LogP contribution in [0.3, 0.4) is 0 Å². The molecule has 0 heterocycles. The van der Waals surface area contributed by atoms with E-state index in [1.165, 1.54) is 0 Å². The average molecular weight is 119 g/mol. The molecule has 0 aromatic carbocycles. The Labute approximate surface area is 49.4 Å². The standard InChI is InChI=1S/C5H13NO2/c1-4(3-7)8-5(2)6/h4-5,7H,3,6H2,1-2H3/t4-,5?/m0/s1. The molecule has 3 nitrogen and oxygen atoms in total. The second kappa shape index (κ2) is 3.83. The fraction of sp³-hybridized carbons (Fsp3) is 1.00. The van der Waals surface area contributed by atoms with E-state index in [-0.39, 0.29) is 18.9 Å². The molecular formula is C5H13NO2. The molecule has 0 fully saturated rings. The first-order valence-electron chi connectivity index (χ1n) is 2.68. The van der Waals surface area contributed by atoms with Gasteiger partial charge in [0.2, 0.25) is 0 Å². The molecule has 0 rings (SSSR count). The number of aliphatic hydroxyl groups excluding tert-OH is 1. The maximum absolute atomic E-state index is 8.40. The van der Waals surface area contributed by atoms with E-state index in [1.54, 1.807) is 13.8 Å². The number of aliphatic hydroxyl groups is 1. The third-order valence-corrected chi connectivity index (χ3v) is 0.704. The highest BCUT2D eigenvalue weighted by molar-refractivity contribution is 4.45. The van der Waals surface area contributed by atoms with Crippen LogP contribution in [-0.4, -0.2) is 24.0 Å². The molecule has 1 unspecified atom stereocenters. The van der Waals surface area contributed by atoms with Gasteiger partial charge in [0.1, 0.15) is 6.23 Å². The molecule has 0 amide bonds. The van der Waals surface area contributed by atoms with Gasteiger partial charge in [0, 0.05) is 0 Å². The molecule has 0 saturated heterocycles. The lowest BCUT2D eigenvalue weighted by atomic mass is 10.4. The Morgan fingerprint density at radius 1 is 1.62 bits per heavy atom.